The van der Waals surface area contributed by atoms with E-state index in [2.05, 4.69) is 46.4 Å². The van der Waals surface area contributed by atoms with Crippen molar-refractivity contribution in [3.8, 4) is 0 Å². The van der Waals surface area contributed by atoms with Gasteiger partial charge in [0.25, 0.3) is 0 Å². The smallest absolute Gasteiger partial charge is 0.0949 e. The minimum atomic E-state index is 0.111. The van der Waals surface area contributed by atoms with Gasteiger partial charge in [-0.25, -0.2) is 0 Å². The Balaban J connectivity index is 1.92. The van der Waals surface area contributed by atoms with Crippen molar-refractivity contribution < 1.29 is 9.47 Å². The van der Waals surface area contributed by atoms with Crippen LogP contribution < -0.4 is 5.32 Å². The summed E-state index contributed by atoms with van der Waals surface area (Å²) in [5.41, 5.74) is 1.22. The normalized spacial score (nSPS) is 20.2. The minimum absolute atomic E-state index is 0.111. The van der Waals surface area contributed by atoms with E-state index in [1.54, 1.807) is 0 Å². The van der Waals surface area contributed by atoms with Crippen molar-refractivity contribution >= 4 is 15.9 Å². The molecule has 1 aromatic rings. The molecule has 20 heavy (non-hydrogen) atoms. The largest absolute Gasteiger partial charge is 0.381 e. The second-order valence-corrected chi connectivity index (χ2v) is 6.23. The van der Waals surface area contributed by atoms with Crippen LogP contribution in [0.1, 0.15) is 31.4 Å². The number of hydrogen-bond donors (Lipinski definition) is 1. The fourth-order valence-electron chi connectivity index (χ4n) is 2.36. The van der Waals surface area contributed by atoms with E-state index in [0.29, 0.717) is 5.92 Å². The maximum atomic E-state index is 6.15. The van der Waals surface area contributed by atoms with Gasteiger partial charge in [-0.05, 0) is 37.1 Å². The molecule has 1 fully saturated rings. The third kappa shape index (κ3) is 5.17. The molecule has 0 spiro atoms. The van der Waals surface area contributed by atoms with E-state index in [-0.39, 0.29) is 6.10 Å². The van der Waals surface area contributed by atoms with Crippen LogP contribution in [0.25, 0.3) is 0 Å². The molecule has 4 heteroatoms. The Hall–Kier alpha value is -0.420. The zero-order valence-electron chi connectivity index (χ0n) is 12.1. The van der Waals surface area contributed by atoms with Gasteiger partial charge in [0.15, 0.2) is 0 Å². The molecule has 0 aromatic heterocycles. The van der Waals surface area contributed by atoms with Crippen molar-refractivity contribution in [2.24, 2.45) is 5.92 Å². The number of hydrogen-bond acceptors (Lipinski definition) is 3. The molecule has 2 unspecified atom stereocenters. The quantitative estimate of drug-likeness (QED) is 0.733. The molecular formula is C16H24BrNO2. The predicted molar refractivity (Wildman–Crippen MR) is 84.9 cm³/mol. The van der Waals surface area contributed by atoms with E-state index < -0.39 is 0 Å². The highest BCUT2D eigenvalue weighted by atomic mass is 79.9. The third-order valence-corrected chi connectivity index (χ3v) is 4.03. The average molecular weight is 342 g/mol. The summed E-state index contributed by atoms with van der Waals surface area (Å²) in [5, 5.41) is 3.46. The predicted octanol–water partition coefficient (Wildman–Crippen LogP) is 3.54. The lowest BCUT2D eigenvalue weighted by Crippen LogP contribution is -2.25. The highest BCUT2D eigenvalue weighted by molar-refractivity contribution is 9.10. The zero-order chi connectivity index (χ0) is 14.2. The van der Waals surface area contributed by atoms with Gasteiger partial charge in [0, 0.05) is 23.5 Å². The van der Waals surface area contributed by atoms with Crippen molar-refractivity contribution in [2.75, 3.05) is 32.9 Å². The van der Waals surface area contributed by atoms with Gasteiger partial charge in [-0.2, -0.15) is 0 Å². The van der Waals surface area contributed by atoms with E-state index >= 15 is 0 Å². The van der Waals surface area contributed by atoms with Crippen molar-refractivity contribution in [1.29, 1.82) is 0 Å². The Morgan fingerprint density at radius 2 is 2.40 bits per heavy atom. The monoisotopic (exact) mass is 341 g/mol. The first-order valence-corrected chi connectivity index (χ1v) is 8.24. The van der Waals surface area contributed by atoms with Crippen LogP contribution >= 0.6 is 15.9 Å². The molecule has 1 heterocycles. The van der Waals surface area contributed by atoms with Crippen molar-refractivity contribution in [3.05, 3.63) is 34.3 Å². The molecule has 0 amide bonds. The van der Waals surface area contributed by atoms with Gasteiger partial charge in [0.2, 0.25) is 0 Å². The first-order valence-electron chi connectivity index (χ1n) is 7.45. The molecule has 0 aliphatic carbocycles. The fraction of sp³-hybridized carbons (Fsp3) is 0.625. The second-order valence-electron chi connectivity index (χ2n) is 5.31. The molecule has 0 saturated carbocycles. The molecule has 3 nitrogen and oxygen atoms in total. The Morgan fingerprint density at radius 1 is 1.50 bits per heavy atom. The molecular weight excluding hydrogens is 318 g/mol. The molecule has 1 N–H and O–H groups in total. The Labute approximate surface area is 130 Å². The minimum Gasteiger partial charge on any atom is -0.381 e. The number of benzene rings is 1. The molecule has 1 aliphatic rings. The zero-order valence-corrected chi connectivity index (χ0v) is 13.7. The first-order chi connectivity index (χ1) is 9.79. The molecule has 1 aliphatic heterocycles. The summed E-state index contributed by atoms with van der Waals surface area (Å²) in [5.74, 6) is 0.552. The summed E-state index contributed by atoms with van der Waals surface area (Å²) < 4.78 is 12.7. The lowest BCUT2D eigenvalue weighted by molar-refractivity contribution is 0.0254. The maximum absolute atomic E-state index is 6.15. The number of rotatable bonds is 8. The molecule has 2 atom stereocenters. The van der Waals surface area contributed by atoms with Crippen LogP contribution in [-0.2, 0) is 9.47 Å². The Bertz CT molecular complexity index is 394. The van der Waals surface area contributed by atoms with Crippen molar-refractivity contribution in [1.82, 2.24) is 5.32 Å². The van der Waals surface area contributed by atoms with Crippen LogP contribution in [0.4, 0.5) is 0 Å². The Morgan fingerprint density at radius 3 is 3.10 bits per heavy atom. The second kappa shape index (κ2) is 8.78. The van der Waals surface area contributed by atoms with Crippen LogP contribution in [0.15, 0.2) is 28.7 Å². The SMILES string of the molecule is CCCNCC(OCC1CCOC1)c1cccc(Br)c1. The highest BCUT2D eigenvalue weighted by Crippen LogP contribution is 2.23. The Kier molecular flexibility index (Phi) is 7.00. The van der Waals surface area contributed by atoms with E-state index in [0.717, 1.165) is 50.2 Å². The number of halogens is 1. The van der Waals surface area contributed by atoms with Gasteiger partial charge in [-0.3, -0.25) is 0 Å². The van der Waals surface area contributed by atoms with Crippen LogP contribution in [-0.4, -0.2) is 32.9 Å². The van der Waals surface area contributed by atoms with Crippen LogP contribution in [0.2, 0.25) is 0 Å². The van der Waals surface area contributed by atoms with Gasteiger partial charge in [-0.1, -0.05) is 35.0 Å². The standard InChI is InChI=1S/C16H24BrNO2/c1-2-7-18-10-16(14-4-3-5-15(17)9-14)20-12-13-6-8-19-11-13/h3-5,9,13,16,18H,2,6-8,10-12H2,1H3. The molecule has 0 bridgehead atoms. The lowest BCUT2D eigenvalue weighted by atomic mass is 10.1. The maximum Gasteiger partial charge on any atom is 0.0949 e. The summed E-state index contributed by atoms with van der Waals surface area (Å²) in [6, 6.07) is 8.39. The van der Waals surface area contributed by atoms with Crippen molar-refractivity contribution in [2.45, 2.75) is 25.9 Å². The summed E-state index contributed by atoms with van der Waals surface area (Å²) in [6.45, 7) is 6.57. The molecule has 112 valence electrons. The lowest BCUT2D eigenvalue weighted by Gasteiger charge is -2.21. The third-order valence-electron chi connectivity index (χ3n) is 3.53. The van der Waals surface area contributed by atoms with Gasteiger partial charge < -0.3 is 14.8 Å². The highest BCUT2D eigenvalue weighted by Gasteiger charge is 2.19. The molecule has 0 radical (unpaired) electrons. The summed E-state index contributed by atoms with van der Waals surface area (Å²) in [4.78, 5) is 0. The van der Waals surface area contributed by atoms with Crippen LogP contribution in [0.3, 0.4) is 0 Å². The van der Waals surface area contributed by atoms with Gasteiger partial charge in [0.1, 0.15) is 0 Å². The number of nitrogens with one attached hydrogen (secondary N) is 1. The molecule has 1 saturated heterocycles. The molecule has 2 rings (SSSR count). The van der Waals surface area contributed by atoms with Crippen LogP contribution in [0.5, 0.6) is 0 Å². The van der Waals surface area contributed by atoms with Gasteiger partial charge in [0.05, 0.1) is 19.3 Å². The summed E-state index contributed by atoms with van der Waals surface area (Å²) in [7, 11) is 0. The summed E-state index contributed by atoms with van der Waals surface area (Å²) >= 11 is 3.53. The van der Waals surface area contributed by atoms with E-state index in [4.69, 9.17) is 9.47 Å². The van der Waals surface area contributed by atoms with E-state index in [9.17, 15) is 0 Å². The van der Waals surface area contributed by atoms with Gasteiger partial charge in [-0.15, -0.1) is 0 Å². The van der Waals surface area contributed by atoms with E-state index in [1.165, 1.54) is 5.56 Å². The molecule has 1 aromatic carbocycles. The number of ether oxygens (including phenoxy) is 2. The van der Waals surface area contributed by atoms with Gasteiger partial charge >= 0.3 is 0 Å². The van der Waals surface area contributed by atoms with Crippen molar-refractivity contribution in [3.63, 3.8) is 0 Å². The van der Waals surface area contributed by atoms with Crippen LogP contribution in [0, 0.1) is 5.92 Å². The average Bonchev–Trinajstić information content (AvgIpc) is 2.96. The summed E-state index contributed by atoms with van der Waals surface area (Å²) in [6.07, 6.45) is 2.37. The van der Waals surface area contributed by atoms with E-state index in [1.807, 2.05) is 6.07 Å². The first kappa shape index (κ1) is 16.0. The topological polar surface area (TPSA) is 30.5 Å². The fourth-order valence-corrected chi connectivity index (χ4v) is 2.77.